The molecular formula is C18H18ClFN2O3. The molecule has 0 saturated carbocycles. The van der Waals surface area contributed by atoms with E-state index in [9.17, 15) is 14.0 Å². The van der Waals surface area contributed by atoms with E-state index in [1.165, 1.54) is 25.0 Å². The van der Waals surface area contributed by atoms with Crippen molar-refractivity contribution in [3.8, 4) is 5.75 Å². The first-order valence-electron chi connectivity index (χ1n) is 7.53. The van der Waals surface area contributed by atoms with Gasteiger partial charge in [-0.3, -0.25) is 9.59 Å². The summed E-state index contributed by atoms with van der Waals surface area (Å²) in [6, 6.07) is 10.9. The number of hydrogen-bond acceptors (Lipinski definition) is 3. The molecule has 5 nitrogen and oxygen atoms in total. The molecule has 2 aromatic carbocycles. The largest absolute Gasteiger partial charge is 0.495 e. The Morgan fingerprint density at radius 2 is 1.96 bits per heavy atom. The quantitative estimate of drug-likeness (QED) is 0.853. The summed E-state index contributed by atoms with van der Waals surface area (Å²) in [6.45, 7) is 1.14. The van der Waals surface area contributed by atoms with Gasteiger partial charge in [-0.2, -0.15) is 0 Å². The smallest absolute Gasteiger partial charge is 0.244 e. The van der Waals surface area contributed by atoms with E-state index in [-0.39, 0.29) is 19.0 Å². The maximum atomic E-state index is 13.7. The molecule has 0 atom stereocenters. The van der Waals surface area contributed by atoms with Gasteiger partial charge in [0.05, 0.1) is 12.1 Å². The van der Waals surface area contributed by atoms with Crippen LogP contribution in [-0.4, -0.2) is 30.4 Å². The van der Waals surface area contributed by atoms with Crippen molar-refractivity contribution >= 4 is 29.1 Å². The Morgan fingerprint density at radius 1 is 1.24 bits per heavy atom. The van der Waals surface area contributed by atoms with Crippen LogP contribution in [0.5, 0.6) is 5.75 Å². The average Bonchev–Trinajstić information content (AvgIpc) is 2.56. The number of hydrogen-bond donors (Lipinski definition) is 1. The van der Waals surface area contributed by atoms with Crippen molar-refractivity contribution in [1.29, 1.82) is 0 Å². The predicted molar refractivity (Wildman–Crippen MR) is 94.1 cm³/mol. The summed E-state index contributed by atoms with van der Waals surface area (Å²) in [5.41, 5.74) is 0.822. The summed E-state index contributed by atoms with van der Waals surface area (Å²) in [4.78, 5) is 25.2. The molecule has 7 heteroatoms. The Kier molecular flexibility index (Phi) is 6.36. The lowest BCUT2D eigenvalue weighted by Gasteiger charge is -2.21. The SMILES string of the molecule is COc1ccc(NC(=O)CN(Cc2ccccc2F)C(C)=O)cc1Cl. The van der Waals surface area contributed by atoms with E-state index in [0.29, 0.717) is 22.0 Å². The van der Waals surface area contributed by atoms with Crippen molar-refractivity contribution in [2.75, 3.05) is 19.0 Å². The van der Waals surface area contributed by atoms with Crippen molar-refractivity contribution in [2.24, 2.45) is 0 Å². The van der Waals surface area contributed by atoms with E-state index in [2.05, 4.69) is 5.32 Å². The molecule has 0 bridgehead atoms. The summed E-state index contributed by atoms with van der Waals surface area (Å²) < 4.78 is 18.8. The van der Waals surface area contributed by atoms with Gasteiger partial charge in [-0.1, -0.05) is 29.8 Å². The number of carbonyl (C=O) groups is 2. The number of rotatable bonds is 6. The molecule has 2 amide bonds. The summed E-state index contributed by atoms with van der Waals surface area (Å²) in [6.07, 6.45) is 0. The number of methoxy groups -OCH3 is 1. The van der Waals surface area contributed by atoms with Crippen LogP contribution in [0.4, 0.5) is 10.1 Å². The second kappa shape index (κ2) is 8.48. The van der Waals surface area contributed by atoms with Crippen LogP contribution in [0.1, 0.15) is 12.5 Å². The number of ether oxygens (including phenoxy) is 1. The predicted octanol–water partition coefficient (Wildman–Crippen LogP) is 3.47. The molecule has 25 heavy (non-hydrogen) atoms. The fourth-order valence-corrected chi connectivity index (χ4v) is 2.49. The van der Waals surface area contributed by atoms with E-state index in [4.69, 9.17) is 16.3 Å². The Labute approximate surface area is 150 Å². The van der Waals surface area contributed by atoms with Crippen LogP contribution in [0.2, 0.25) is 5.02 Å². The van der Waals surface area contributed by atoms with Crippen molar-refractivity contribution < 1.29 is 18.7 Å². The van der Waals surface area contributed by atoms with E-state index < -0.39 is 11.7 Å². The topological polar surface area (TPSA) is 58.6 Å². The zero-order chi connectivity index (χ0) is 18.4. The van der Waals surface area contributed by atoms with Crippen LogP contribution >= 0.6 is 11.6 Å². The molecular weight excluding hydrogens is 347 g/mol. The molecule has 0 spiro atoms. The van der Waals surface area contributed by atoms with Crippen LogP contribution in [0.15, 0.2) is 42.5 Å². The molecule has 1 N–H and O–H groups in total. The highest BCUT2D eigenvalue weighted by molar-refractivity contribution is 6.32. The molecule has 0 aliphatic carbocycles. The average molecular weight is 365 g/mol. The normalized spacial score (nSPS) is 10.2. The second-order valence-electron chi connectivity index (χ2n) is 5.36. The maximum absolute atomic E-state index is 13.7. The third kappa shape index (κ3) is 5.19. The van der Waals surface area contributed by atoms with Gasteiger partial charge >= 0.3 is 0 Å². The highest BCUT2D eigenvalue weighted by Crippen LogP contribution is 2.27. The van der Waals surface area contributed by atoms with Crippen molar-refractivity contribution in [3.63, 3.8) is 0 Å². The van der Waals surface area contributed by atoms with Gasteiger partial charge in [0.25, 0.3) is 0 Å². The van der Waals surface area contributed by atoms with Gasteiger partial charge in [-0.25, -0.2) is 4.39 Å². The maximum Gasteiger partial charge on any atom is 0.244 e. The Morgan fingerprint density at radius 3 is 2.56 bits per heavy atom. The van der Waals surface area contributed by atoms with Crippen molar-refractivity contribution in [3.05, 3.63) is 58.9 Å². The Balaban J connectivity index is 2.04. The Bertz CT molecular complexity index is 783. The summed E-state index contributed by atoms with van der Waals surface area (Å²) in [7, 11) is 1.49. The van der Waals surface area contributed by atoms with Crippen LogP contribution in [0, 0.1) is 5.82 Å². The third-order valence-electron chi connectivity index (χ3n) is 3.53. The van der Waals surface area contributed by atoms with Crippen LogP contribution < -0.4 is 10.1 Å². The first-order valence-corrected chi connectivity index (χ1v) is 7.91. The number of carbonyl (C=O) groups excluding carboxylic acids is 2. The zero-order valence-corrected chi connectivity index (χ0v) is 14.6. The first kappa shape index (κ1) is 18.7. The minimum Gasteiger partial charge on any atom is -0.495 e. The summed E-state index contributed by atoms with van der Waals surface area (Å²) in [5, 5.41) is 3.01. The van der Waals surface area contributed by atoms with E-state index in [1.807, 2.05) is 0 Å². The lowest BCUT2D eigenvalue weighted by molar-refractivity contribution is -0.133. The molecule has 0 fully saturated rings. The highest BCUT2D eigenvalue weighted by Gasteiger charge is 2.16. The monoisotopic (exact) mass is 364 g/mol. The third-order valence-corrected chi connectivity index (χ3v) is 3.83. The summed E-state index contributed by atoms with van der Waals surface area (Å²) in [5.74, 6) is -0.667. The Hall–Kier alpha value is -2.60. The van der Waals surface area contributed by atoms with Crippen molar-refractivity contribution in [2.45, 2.75) is 13.5 Å². The van der Waals surface area contributed by atoms with E-state index >= 15 is 0 Å². The number of nitrogens with zero attached hydrogens (tertiary/aromatic N) is 1. The molecule has 2 rings (SSSR count). The highest BCUT2D eigenvalue weighted by atomic mass is 35.5. The van der Waals surface area contributed by atoms with Gasteiger partial charge in [-0.05, 0) is 24.3 Å². The molecule has 0 unspecified atom stereocenters. The zero-order valence-electron chi connectivity index (χ0n) is 13.9. The van der Waals surface area contributed by atoms with Gasteiger partial charge in [0.2, 0.25) is 11.8 Å². The minimum absolute atomic E-state index is 0.0127. The second-order valence-corrected chi connectivity index (χ2v) is 5.77. The van der Waals surface area contributed by atoms with Gasteiger partial charge in [0.15, 0.2) is 0 Å². The number of benzene rings is 2. The molecule has 0 aromatic heterocycles. The van der Waals surface area contributed by atoms with Crippen LogP contribution in [-0.2, 0) is 16.1 Å². The molecule has 0 heterocycles. The molecule has 2 aromatic rings. The first-order chi connectivity index (χ1) is 11.9. The summed E-state index contributed by atoms with van der Waals surface area (Å²) >= 11 is 6.01. The number of anilines is 1. The lowest BCUT2D eigenvalue weighted by Crippen LogP contribution is -2.36. The van der Waals surface area contributed by atoms with Crippen molar-refractivity contribution in [1.82, 2.24) is 4.90 Å². The van der Waals surface area contributed by atoms with Gasteiger partial charge < -0.3 is 15.0 Å². The minimum atomic E-state index is -0.420. The molecule has 0 aliphatic rings. The number of amides is 2. The molecule has 0 radical (unpaired) electrons. The van der Waals surface area contributed by atoms with Gasteiger partial charge in [-0.15, -0.1) is 0 Å². The molecule has 0 aliphatic heterocycles. The number of halogens is 2. The van der Waals surface area contributed by atoms with E-state index in [0.717, 1.165) is 0 Å². The van der Waals surface area contributed by atoms with Crippen LogP contribution in [0.3, 0.4) is 0 Å². The van der Waals surface area contributed by atoms with Gasteiger partial charge in [0, 0.05) is 24.7 Å². The standard InChI is InChI=1S/C18H18ClFN2O3/c1-12(23)22(10-13-5-3-4-6-16(13)20)11-18(24)21-14-7-8-17(25-2)15(19)9-14/h3-9H,10-11H2,1-2H3,(H,21,24). The fourth-order valence-electron chi connectivity index (χ4n) is 2.23. The number of nitrogens with one attached hydrogen (secondary N) is 1. The van der Waals surface area contributed by atoms with Gasteiger partial charge in [0.1, 0.15) is 18.1 Å². The van der Waals surface area contributed by atoms with E-state index in [1.54, 1.807) is 36.4 Å². The lowest BCUT2D eigenvalue weighted by atomic mass is 10.2. The van der Waals surface area contributed by atoms with Crippen LogP contribution in [0.25, 0.3) is 0 Å². The molecule has 0 saturated heterocycles. The molecule has 132 valence electrons. The fraction of sp³-hybridized carbons (Fsp3) is 0.222.